The van der Waals surface area contributed by atoms with Crippen molar-refractivity contribution in [2.75, 3.05) is 27.2 Å². The molecule has 1 amide bonds. The molecular weight excluding hydrogens is 274 g/mol. The van der Waals surface area contributed by atoms with E-state index in [2.05, 4.69) is 4.90 Å². The fourth-order valence-electron chi connectivity index (χ4n) is 1.85. The third-order valence-corrected chi connectivity index (χ3v) is 3.27. The number of rotatable bonds is 7. The van der Waals surface area contributed by atoms with Gasteiger partial charge in [0.05, 0.1) is 12.5 Å². The lowest BCUT2D eigenvalue weighted by Gasteiger charge is -2.19. The summed E-state index contributed by atoms with van der Waals surface area (Å²) in [5.74, 6) is 0.0678. The highest BCUT2D eigenvalue weighted by atomic mass is 35.5. The Kier molecular flexibility index (Phi) is 7.06. The Bertz CT molecular complexity index is 484. The van der Waals surface area contributed by atoms with E-state index >= 15 is 0 Å². The molecule has 20 heavy (non-hydrogen) atoms. The van der Waals surface area contributed by atoms with E-state index in [0.29, 0.717) is 25.9 Å². The first-order valence-electron chi connectivity index (χ1n) is 6.57. The van der Waals surface area contributed by atoms with Crippen LogP contribution in [0.15, 0.2) is 24.3 Å². The van der Waals surface area contributed by atoms with Crippen LogP contribution in [0.3, 0.4) is 0 Å². The predicted molar refractivity (Wildman–Crippen MR) is 80.3 cm³/mol. The molecule has 1 aromatic rings. The van der Waals surface area contributed by atoms with Crippen LogP contribution in [0, 0.1) is 11.3 Å². The monoisotopic (exact) mass is 293 g/mol. The van der Waals surface area contributed by atoms with Crippen molar-refractivity contribution in [3.05, 3.63) is 34.9 Å². The van der Waals surface area contributed by atoms with Crippen molar-refractivity contribution in [2.45, 2.75) is 19.4 Å². The Morgan fingerprint density at radius 3 is 2.75 bits per heavy atom. The van der Waals surface area contributed by atoms with E-state index in [9.17, 15) is 4.79 Å². The molecule has 0 aliphatic rings. The number of carbonyl (C=O) groups is 1. The molecule has 0 unspecified atom stereocenters. The maximum atomic E-state index is 11.8. The average molecular weight is 294 g/mol. The number of halogens is 1. The third-order valence-electron chi connectivity index (χ3n) is 3.03. The normalized spacial score (nSPS) is 10.3. The van der Waals surface area contributed by atoms with Crippen LogP contribution < -0.4 is 0 Å². The van der Waals surface area contributed by atoms with Gasteiger partial charge in [-0.25, -0.2) is 0 Å². The lowest BCUT2D eigenvalue weighted by Crippen LogP contribution is -2.31. The quantitative estimate of drug-likeness (QED) is 0.776. The summed E-state index contributed by atoms with van der Waals surface area (Å²) in [7, 11) is 3.71. The summed E-state index contributed by atoms with van der Waals surface area (Å²) in [5, 5.41) is 9.22. The Balaban J connectivity index is 2.34. The molecule has 0 saturated heterocycles. The zero-order chi connectivity index (χ0) is 15.0. The highest BCUT2D eigenvalue weighted by Gasteiger charge is 2.09. The molecule has 0 saturated carbocycles. The minimum atomic E-state index is 0.0678. The third kappa shape index (κ3) is 6.05. The lowest BCUT2D eigenvalue weighted by atomic mass is 10.2. The molecule has 1 aromatic carbocycles. The van der Waals surface area contributed by atoms with Crippen LogP contribution in [0.25, 0.3) is 0 Å². The summed E-state index contributed by atoms with van der Waals surface area (Å²) in [4.78, 5) is 15.5. The molecule has 5 heteroatoms. The van der Waals surface area contributed by atoms with E-state index in [4.69, 9.17) is 16.9 Å². The summed E-state index contributed by atoms with van der Waals surface area (Å²) < 4.78 is 0. The standard InChI is InChI=1S/C15H20ClN3O/c1-18(12-13-5-3-6-14(16)11-13)10-7-15(20)19(2)9-4-8-17/h3,5-6,11H,4,7,9-10,12H2,1-2H3. The zero-order valence-corrected chi connectivity index (χ0v) is 12.7. The van der Waals surface area contributed by atoms with E-state index < -0.39 is 0 Å². The Labute approximate surface area is 125 Å². The van der Waals surface area contributed by atoms with Crippen LogP contribution in [0.2, 0.25) is 5.02 Å². The molecule has 0 aliphatic carbocycles. The topological polar surface area (TPSA) is 47.3 Å². The molecule has 0 radical (unpaired) electrons. The van der Waals surface area contributed by atoms with Crippen LogP contribution in [-0.2, 0) is 11.3 Å². The van der Waals surface area contributed by atoms with E-state index in [1.54, 1.807) is 11.9 Å². The van der Waals surface area contributed by atoms with Crippen LogP contribution in [0.1, 0.15) is 18.4 Å². The SMILES string of the molecule is CN(CCC(=O)N(C)CCC#N)Cc1cccc(Cl)c1. The molecule has 1 rings (SSSR count). The van der Waals surface area contributed by atoms with Gasteiger partial charge in [0.25, 0.3) is 0 Å². The average Bonchev–Trinajstić information content (AvgIpc) is 2.42. The van der Waals surface area contributed by atoms with Crippen molar-refractivity contribution in [1.29, 1.82) is 5.26 Å². The molecule has 108 valence electrons. The van der Waals surface area contributed by atoms with Gasteiger partial charge >= 0.3 is 0 Å². The Morgan fingerprint density at radius 1 is 1.35 bits per heavy atom. The van der Waals surface area contributed by atoms with E-state index in [1.165, 1.54) is 0 Å². The Hall–Kier alpha value is -1.57. The molecule has 0 bridgehead atoms. The highest BCUT2D eigenvalue weighted by molar-refractivity contribution is 6.30. The van der Waals surface area contributed by atoms with Crippen molar-refractivity contribution in [2.24, 2.45) is 0 Å². The van der Waals surface area contributed by atoms with Crippen LogP contribution in [-0.4, -0.2) is 42.9 Å². The summed E-state index contributed by atoms with van der Waals surface area (Å²) in [6.45, 7) is 1.94. The molecule has 0 N–H and O–H groups in total. The fraction of sp³-hybridized carbons (Fsp3) is 0.467. The minimum Gasteiger partial charge on any atom is -0.345 e. The van der Waals surface area contributed by atoms with Crippen LogP contribution in [0.5, 0.6) is 0 Å². The van der Waals surface area contributed by atoms with E-state index in [1.807, 2.05) is 37.4 Å². The zero-order valence-electron chi connectivity index (χ0n) is 12.0. The van der Waals surface area contributed by atoms with E-state index in [0.717, 1.165) is 17.1 Å². The lowest BCUT2D eigenvalue weighted by molar-refractivity contribution is -0.130. The van der Waals surface area contributed by atoms with Crippen molar-refractivity contribution >= 4 is 17.5 Å². The minimum absolute atomic E-state index is 0.0678. The first-order valence-corrected chi connectivity index (χ1v) is 6.94. The number of hydrogen-bond donors (Lipinski definition) is 0. The molecule has 0 fully saturated rings. The maximum Gasteiger partial charge on any atom is 0.223 e. The molecule has 0 heterocycles. The number of nitrogens with zero attached hydrogens (tertiary/aromatic N) is 3. The highest BCUT2D eigenvalue weighted by Crippen LogP contribution is 2.12. The molecule has 4 nitrogen and oxygen atoms in total. The van der Waals surface area contributed by atoms with Gasteiger partial charge in [-0.15, -0.1) is 0 Å². The van der Waals surface area contributed by atoms with Crippen molar-refractivity contribution in [3.63, 3.8) is 0 Å². The largest absolute Gasteiger partial charge is 0.345 e. The number of nitriles is 1. The van der Waals surface area contributed by atoms with Gasteiger partial charge in [0.2, 0.25) is 5.91 Å². The van der Waals surface area contributed by atoms with Gasteiger partial charge in [-0.05, 0) is 24.7 Å². The first-order chi connectivity index (χ1) is 9.52. The number of amides is 1. The van der Waals surface area contributed by atoms with Gasteiger partial charge in [0, 0.05) is 38.1 Å². The van der Waals surface area contributed by atoms with E-state index in [-0.39, 0.29) is 5.91 Å². The maximum absolute atomic E-state index is 11.8. The second-order valence-electron chi connectivity index (χ2n) is 4.84. The Morgan fingerprint density at radius 2 is 2.10 bits per heavy atom. The molecule has 0 aromatic heterocycles. The predicted octanol–water partition coefficient (Wildman–Crippen LogP) is 2.53. The number of carbonyl (C=O) groups excluding carboxylic acids is 1. The smallest absolute Gasteiger partial charge is 0.223 e. The fourth-order valence-corrected chi connectivity index (χ4v) is 2.06. The van der Waals surface area contributed by atoms with Crippen molar-refractivity contribution in [1.82, 2.24) is 9.80 Å². The molecular formula is C15H20ClN3O. The molecule has 0 aliphatic heterocycles. The second-order valence-corrected chi connectivity index (χ2v) is 5.28. The molecule has 0 spiro atoms. The van der Waals surface area contributed by atoms with Crippen molar-refractivity contribution < 1.29 is 4.79 Å². The first kappa shape index (κ1) is 16.5. The van der Waals surface area contributed by atoms with Crippen molar-refractivity contribution in [3.8, 4) is 6.07 Å². The van der Waals surface area contributed by atoms with Crippen LogP contribution in [0.4, 0.5) is 0 Å². The van der Waals surface area contributed by atoms with Gasteiger partial charge in [-0.2, -0.15) is 5.26 Å². The van der Waals surface area contributed by atoms with Crippen LogP contribution >= 0.6 is 11.6 Å². The van der Waals surface area contributed by atoms with Gasteiger partial charge in [-0.1, -0.05) is 23.7 Å². The number of hydrogen-bond acceptors (Lipinski definition) is 3. The second kappa shape index (κ2) is 8.57. The van der Waals surface area contributed by atoms with Gasteiger partial charge in [0.1, 0.15) is 0 Å². The summed E-state index contributed by atoms with van der Waals surface area (Å²) in [6, 6.07) is 9.75. The van der Waals surface area contributed by atoms with Gasteiger partial charge in [0.15, 0.2) is 0 Å². The summed E-state index contributed by atoms with van der Waals surface area (Å²) in [6.07, 6.45) is 0.833. The van der Waals surface area contributed by atoms with Gasteiger partial charge in [-0.3, -0.25) is 4.79 Å². The number of benzene rings is 1. The summed E-state index contributed by atoms with van der Waals surface area (Å²) >= 11 is 5.94. The van der Waals surface area contributed by atoms with Gasteiger partial charge < -0.3 is 9.80 Å². The summed E-state index contributed by atoms with van der Waals surface area (Å²) in [5.41, 5.74) is 1.13. The molecule has 0 atom stereocenters.